The Bertz CT molecular complexity index is 1350. The number of nitrogens with zero attached hydrogens (tertiary/aromatic N) is 1. The summed E-state index contributed by atoms with van der Waals surface area (Å²) in [7, 11) is 0. The summed E-state index contributed by atoms with van der Waals surface area (Å²) in [6, 6.07) is 25.2. The fourth-order valence-corrected chi connectivity index (χ4v) is 4.79. The zero-order valence-electron chi connectivity index (χ0n) is 19.9. The first-order valence-corrected chi connectivity index (χ1v) is 12.2. The highest BCUT2D eigenvalue weighted by Gasteiger charge is 2.24. The van der Waals surface area contributed by atoms with Crippen LogP contribution in [-0.2, 0) is 11.2 Å². The maximum Gasteiger partial charge on any atom is 0.256 e. The number of benzene rings is 3. The zero-order valence-corrected chi connectivity index (χ0v) is 19.9. The number of carbonyl (C=O) groups excluding carboxylic acids is 1. The molecule has 0 saturated carbocycles. The minimum absolute atomic E-state index is 0.0593. The first-order chi connectivity index (χ1) is 16.6. The van der Waals surface area contributed by atoms with Crippen LogP contribution in [0.3, 0.4) is 0 Å². The molecule has 1 amide bonds. The largest absolute Gasteiger partial charge is 0.355 e. The van der Waals surface area contributed by atoms with Gasteiger partial charge in [0, 0.05) is 27.8 Å². The maximum atomic E-state index is 12.8. The molecule has 0 saturated heterocycles. The number of carbonyl (C=O) groups is 1. The van der Waals surface area contributed by atoms with Crippen LogP contribution in [0, 0.1) is 0 Å². The van der Waals surface area contributed by atoms with E-state index >= 15 is 0 Å². The van der Waals surface area contributed by atoms with Crippen molar-refractivity contribution in [2.45, 2.75) is 26.7 Å². The van der Waals surface area contributed by atoms with Crippen molar-refractivity contribution < 1.29 is 4.79 Å². The summed E-state index contributed by atoms with van der Waals surface area (Å²) < 4.78 is 0. The Kier molecular flexibility index (Phi) is 6.33. The fraction of sp³-hybridized carbons (Fsp3) is 0.233. The Balaban J connectivity index is 1.37. The molecule has 4 nitrogen and oxygen atoms in total. The van der Waals surface area contributed by atoms with Crippen LogP contribution < -0.4 is 5.32 Å². The van der Waals surface area contributed by atoms with Crippen molar-refractivity contribution in [2.24, 2.45) is 0 Å². The van der Waals surface area contributed by atoms with E-state index in [1.807, 2.05) is 30.3 Å². The van der Waals surface area contributed by atoms with Crippen LogP contribution in [-0.4, -0.2) is 35.4 Å². The molecule has 0 fully saturated rings. The minimum atomic E-state index is -0.0593. The third kappa shape index (κ3) is 4.55. The van der Waals surface area contributed by atoms with Gasteiger partial charge in [0.2, 0.25) is 0 Å². The predicted octanol–water partition coefficient (Wildman–Crippen LogP) is 6.60. The molecule has 34 heavy (non-hydrogen) atoms. The Hall–Kier alpha value is -3.63. The summed E-state index contributed by atoms with van der Waals surface area (Å²) in [5.74, 6) is -0.0593. The van der Waals surface area contributed by atoms with Crippen molar-refractivity contribution in [2.75, 3.05) is 25.0 Å². The quantitative estimate of drug-likeness (QED) is 0.298. The standard InChI is InChI=1S/C30H31N3O/c1-3-33(4-2)16-8-9-21-12-15-28-24(17-21)18-25(31-28)20-27-26-14-13-23(19-29(26)32-30(27)34)22-10-6-5-7-11-22/h5-7,10-15,17-20,31H,3-4,8-9,16H2,1-2H3,(H,32,34)/b27-20+. The molecule has 0 aliphatic carbocycles. The minimum Gasteiger partial charge on any atom is -0.355 e. The van der Waals surface area contributed by atoms with Crippen LogP contribution >= 0.6 is 0 Å². The summed E-state index contributed by atoms with van der Waals surface area (Å²) in [5, 5.41) is 4.22. The second kappa shape index (κ2) is 9.70. The van der Waals surface area contributed by atoms with Gasteiger partial charge in [0.05, 0.1) is 5.57 Å². The van der Waals surface area contributed by atoms with E-state index < -0.39 is 0 Å². The predicted molar refractivity (Wildman–Crippen MR) is 143 cm³/mol. The average molecular weight is 450 g/mol. The SMILES string of the molecule is CCN(CC)CCCc1ccc2[nH]c(/C=C3/C(=O)Nc4cc(-c5ccccc5)ccc43)cc2c1. The molecule has 0 atom stereocenters. The van der Waals surface area contributed by atoms with Gasteiger partial charge in [0.25, 0.3) is 5.91 Å². The monoisotopic (exact) mass is 449 g/mol. The Morgan fingerprint density at radius 1 is 0.882 bits per heavy atom. The molecule has 3 aromatic carbocycles. The summed E-state index contributed by atoms with van der Waals surface area (Å²) in [5.41, 5.74) is 8.14. The topological polar surface area (TPSA) is 48.1 Å². The van der Waals surface area contributed by atoms with E-state index in [2.05, 4.69) is 77.6 Å². The van der Waals surface area contributed by atoms with Crippen LogP contribution in [0.2, 0.25) is 0 Å². The summed E-state index contributed by atoms with van der Waals surface area (Å²) in [6.07, 6.45) is 4.20. The molecule has 0 spiro atoms. The highest BCUT2D eigenvalue weighted by atomic mass is 16.2. The molecule has 1 aliphatic heterocycles. The molecule has 2 N–H and O–H groups in total. The zero-order chi connectivity index (χ0) is 23.5. The van der Waals surface area contributed by atoms with Gasteiger partial charge in [-0.15, -0.1) is 0 Å². The third-order valence-electron chi connectivity index (χ3n) is 6.75. The summed E-state index contributed by atoms with van der Waals surface area (Å²) in [6.45, 7) is 7.79. The van der Waals surface area contributed by atoms with Crippen molar-refractivity contribution in [3.05, 3.63) is 89.6 Å². The number of hydrogen-bond acceptors (Lipinski definition) is 2. The van der Waals surface area contributed by atoms with Gasteiger partial charge in [0.15, 0.2) is 0 Å². The van der Waals surface area contributed by atoms with Crippen LogP contribution in [0.1, 0.15) is 37.1 Å². The number of aromatic nitrogens is 1. The van der Waals surface area contributed by atoms with Crippen molar-refractivity contribution in [1.82, 2.24) is 9.88 Å². The molecular formula is C30H31N3O. The second-order valence-electron chi connectivity index (χ2n) is 8.92. The molecule has 0 bridgehead atoms. The van der Waals surface area contributed by atoms with E-state index in [-0.39, 0.29) is 5.91 Å². The van der Waals surface area contributed by atoms with Gasteiger partial charge >= 0.3 is 0 Å². The molecule has 4 heteroatoms. The molecule has 1 aliphatic rings. The van der Waals surface area contributed by atoms with E-state index in [1.165, 1.54) is 10.9 Å². The Morgan fingerprint density at radius 3 is 2.50 bits per heavy atom. The molecule has 5 rings (SSSR count). The number of aryl methyl sites for hydroxylation is 1. The number of aromatic amines is 1. The van der Waals surface area contributed by atoms with E-state index in [0.717, 1.165) is 66.1 Å². The van der Waals surface area contributed by atoms with Gasteiger partial charge < -0.3 is 15.2 Å². The van der Waals surface area contributed by atoms with Crippen LogP contribution in [0.15, 0.2) is 72.8 Å². The summed E-state index contributed by atoms with van der Waals surface area (Å²) >= 11 is 0. The summed E-state index contributed by atoms with van der Waals surface area (Å²) in [4.78, 5) is 18.7. The van der Waals surface area contributed by atoms with E-state index in [9.17, 15) is 4.79 Å². The number of H-pyrrole nitrogens is 1. The van der Waals surface area contributed by atoms with Crippen molar-refractivity contribution in [3.8, 4) is 11.1 Å². The van der Waals surface area contributed by atoms with Gasteiger partial charge in [0.1, 0.15) is 0 Å². The first kappa shape index (κ1) is 22.2. The molecular weight excluding hydrogens is 418 g/mol. The lowest BCUT2D eigenvalue weighted by Gasteiger charge is -2.17. The van der Waals surface area contributed by atoms with Crippen LogP contribution in [0.25, 0.3) is 33.7 Å². The van der Waals surface area contributed by atoms with Gasteiger partial charge in [-0.1, -0.05) is 62.4 Å². The molecule has 0 unspecified atom stereocenters. The highest BCUT2D eigenvalue weighted by Crippen LogP contribution is 2.36. The molecule has 4 aromatic rings. The molecule has 0 radical (unpaired) electrons. The number of anilines is 1. The van der Waals surface area contributed by atoms with Crippen molar-refractivity contribution in [1.29, 1.82) is 0 Å². The molecule has 2 heterocycles. The molecule has 172 valence electrons. The van der Waals surface area contributed by atoms with Gasteiger partial charge in [-0.05, 0) is 79.5 Å². The second-order valence-corrected chi connectivity index (χ2v) is 8.92. The lowest BCUT2D eigenvalue weighted by molar-refractivity contribution is -0.110. The third-order valence-corrected chi connectivity index (χ3v) is 6.75. The Morgan fingerprint density at radius 2 is 1.71 bits per heavy atom. The average Bonchev–Trinajstić information content (AvgIpc) is 3.41. The van der Waals surface area contributed by atoms with Gasteiger partial charge in [-0.3, -0.25) is 4.79 Å². The Labute approximate surface area is 201 Å². The van der Waals surface area contributed by atoms with Gasteiger partial charge in [-0.25, -0.2) is 0 Å². The lowest BCUT2D eigenvalue weighted by atomic mass is 10.00. The maximum absolute atomic E-state index is 12.8. The smallest absolute Gasteiger partial charge is 0.256 e. The lowest BCUT2D eigenvalue weighted by Crippen LogP contribution is -2.24. The van der Waals surface area contributed by atoms with Crippen molar-refractivity contribution >= 4 is 34.1 Å². The van der Waals surface area contributed by atoms with E-state index in [4.69, 9.17) is 0 Å². The van der Waals surface area contributed by atoms with Crippen LogP contribution in [0.4, 0.5) is 5.69 Å². The fourth-order valence-electron chi connectivity index (χ4n) is 4.79. The van der Waals surface area contributed by atoms with E-state index in [1.54, 1.807) is 0 Å². The normalized spacial score (nSPS) is 14.2. The van der Waals surface area contributed by atoms with Crippen LogP contribution in [0.5, 0.6) is 0 Å². The molecule has 1 aromatic heterocycles. The number of fused-ring (bicyclic) bond motifs is 2. The number of amides is 1. The number of nitrogens with one attached hydrogen (secondary N) is 2. The van der Waals surface area contributed by atoms with Gasteiger partial charge in [-0.2, -0.15) is 0 Å². The number of rotatable bonds is 8. The van der Waals surface area contributed by atoms with Crippen molar-refractivity contribution in [3.63, 3.8) is 0 Å². The first-order valence-electron chi connectivity index (χ1n) is 12.2. The van der Waals surface area contributed by atoms with E-state index in [0.29, 0.717) is 5.57 Å². The number of hydrogen-bond donors (Lipinski definition) is 2. The highest BCUT2D eigenvalue weighted by molar-refractivity contribution is 6.35.